The van der Waals surface area contributed by atoms with Gasteiger partial charge >= 0.3 is 5.97 Å². The van der Waals surface area contributed by atoms with Crippen molar-refractivity contribution in [1.29, 1.82) is 0 Å². The first kappa shape index (κ1) is 14.6. The molecule has 0 heterocycles. The summed E-state index contributed by atoms with van der Waals surface area (Å²) < 4.78 is 26.3. The zero-order valence-corrected chi connectivity index (χ0v) is 10.4. The summed E-state index contributed by atoms with van der Waals surface area (Å²) in [6.07, 6.45) is 0.437. The lowest BCUT2D eigenvalue weighted by Gasteiger charge is -2.16. The van der Waals surface area contributed by atoms with Crippen molar-refractivity contribution < 1.29 is 18.7 Å². The van der Waals surface area contributed by atoms with Crippen LogP contribution in [0.25, 0.3) is 0 Å². The van der Waals surface area contributed by atoms with Crippen molar-refractivity contribution in [2.75, 3.05) is 0 Å². The van der Waals surface area contributed by atoms with E-state index in [0.717, 1.165) is 6.07 Å². The fraction of sp³-hybridized carbons (Fsp3) is 0.462. The molecule has 1 atom stereocenters. The largest absolute Gasteiger partial charge is 0.480 e. The summed E-state index contributed by atoms with van der Waals surface area (Å²) in [5, 5.41) is 11.7. The summed E-state index contributed by atoms with van der Waals surface area (Å²) in [6, 6.07) is 3.10. The lowest BCUT2D eigenvalue weighted by Crippen LogP contribution is -2.37. The molecule has 1 rings (SSSR count). The molecule has 0 spiro atoms. The van der Waals surface area contributed by atoms with E-state index in [0.29, 0.717) is 6.42 Å². The lowest BCUT2D eigenvalue weighted by molar-refractivity contribution is -0.140. The average Bonchev–Trinajstić information content (AvgIpc) is 2.28. The molecule has 0 bridgehead atoms. The van der Waals surface area contributed by atoms with Gasteiger partial charge in [-0.15, -0.1) is 0 Å². The van der Waals surface area contributed by atoms with E-state index in [4.69, 9.17) is 5.11 Å². The molecular weight excluding hydrogens is 240 g/mol. The number of carboxylic acid groups (broad SMARTS) is 1. The maximum absolute atomic E-state index is 13.4. The molecule has 5 heteroatoms. The molecule has 0 aromatic heterocycles. The number of aliphatic carboxylic acids is 1. The third kappa shape index (κ3) is 4.07. The number of hydrogen-bond donors (Lipinski definition) is 2. The fourth-order valence-electron chi connectivity index (χ4n) is 1.66. The third-order valence-electron chi connectivity index (χ3n) is 2.58. The molecule has 0 aliphatic carbocycles. The Morgan fingerprint density at radius 3 is 2.61 bits per heavy atom. The Bertz CT molecular complexity index is 421. The molecule has 0 radical (unpaired) electrons. The van der Waals surface area contributed by atoms with Crippen molar-refractivity contribution in [3.05, 3.63) is 35.4 Å². The average molecular weight is 257 g/mol. The topological polar surface area (TPSA) is 49.3 Å². The van der Waals surface area contributed by atoms with Crippen LogP contribution in [-0.4, -0.2) is 17.1 Å². The Balaban J connectivity index is 2.67. The fourth-order valence-corrected chi connectivity index (χ4v) is 1.66. The minimum Gasteiger partial charge on any atom is -0.480 e. The van der Waals surface area contributed by atoms with Crippen LogP contribution in [-0.2, 0) is 11.3 Å². The predicted octanol–water partition coefficient (Wildman–Crippen LogP) is 2.55. The maximum Gasteiger partial charge on any atom is 0.320 e. The van der Waals surface area contributed by atoms with E-state index in [2.05, 4.69) is 5.32 Å². The van der Waals surface area contributed by atoms with Gasteiger partial charge in [-0.05, 0) is 18.4 Å². The molecule has 0 saturated carbocycles. The molecule has 18 heavy (non-hydrogen) atoms. The van der Waals surface area contributed by atoms with E-state index in [1.165, 1.54) is 12.1 Å². The molecule has 1 unspecified atom stereocenters. The highest BCUT2D eigenvalue weighted by atomic mass is 19.2. The Labute approximate surface area is 105 Å². The van der Waals surface area contributed by atoms with Crippen LogP contribution in [0.2, 0.25) is 0 Å². The highest BCUT2D eigenvalue weighted by Crippen LogP contribution is 2.12. The van der Waals surface area contributed by atoms with Crippen LogP contribution in [0.5, 0.6) is 0 Å². The number of benzene rings is 1. The van der Waals surface area contributed by atoms with Gasteiger partial charge in [0.2, 0.25) is 0 Å². The number of carboxylic acids is 1. The highest BCUT2D eigenvalue weighted by Gasteiger charge is 2.19. The van der Waals surface area contributed by atoms with Crippen LogP contribution in [0, 0.1) is 17.6 Å². The Morgan fingerprint density at radius 1 is 1.39 bits per heavy atom. The van der Waals surface area contributed by atoms with Crippen LogP contribution in [0.1, 0.15) is 25.8 Å². The first-order valence-corrected chi connectivity index (χ1v) is 5.81. The van der Waals surface area contributed by atoms with Crippen LogP contribution in [0.3, 0.4) is 0 Å². The van der Waals surface area contributed by atoms with E-state index >= 15 is 0 Å². The quantitative estimate of drug-likeness (QED) is 0.823. The van der Waals surface area contributed by atoms with E-state index in [9.17, 15) is 13.6 Å². The van der Waals surface area contributed by atoms with Gasteiger partial charge in [-0.25, -0.2) is 8.78 Å². The number of rotatable bonds is 6. The second-order valence-corrected chi connectivity index (χ2v) is 4.61. The third-order valence-corrected chi connectivity index (χ3v) is 2.58. The van der Waals surface area contributed by atoms with Crippen molar-refractivity contribution in [1.82, 2.24) is 5.32 Å². The van der Waals surface area contributed by atoms with Crippen LogP contribution < -0.4 is 5.32 Å². The van der Waals surface area contributed by atoms with Gasteiger partial charge in [0, 0.05) is 12.1 Å². The summed E-state index contributed by atoms with van der Waals surface area (Å²) in [5.74, 6) is -2.64. The van der Waals surface area contributed by atoms with Gasteiger partial charge in [-0.2, -0.15) is 0 Å². The van der Waals surface area contributed by atoms with Crippen molar-refractivity contribution >= 4 is 5.97 Å². The molecule has 0 saturated heterocycles. The van der Waals surface area contributed by atoms with Crippen molar-refractivity contribution in [3.8, 4) is 0 Å². The SMILES string of the molecule is CC(C)CC(NCc1cccc(F)c1F)C(=O)O. The summed E-state index contributed by atoms with van der Waals surface area (Å²) in [6.45, 7) is 3.80. The number of nitrogens with one attached hydrogen (secondary N) is 1. The first-order valence-electron chi connectivity index (χ1n) is 5.81. The Morgan fingerprint density at radius 2 is 2.06 bits per heavy atom. The van der Waals surface area contributed by atoms with Gasteiger partial charge in [0.1, 0.15) is 6.04 Å². The molecule has 0 aliphatic heterocycles. The molecule has 1 aromatic rings. The van der Waals surface area contributed by atoms with E-state index < -0.39 is 23.6 Å². The smallest absolute Gasteiger partial charge is 0.320 e. The Hall–Kier alpha value is -1.49. The zero-order valence-electron chi connectivity index (χ0n) is 10.4. The van der Waals surface area contributed by atoms with E-state index in [1.807, 2.05) is 13.8 Å². The van der Waals surface area contributed by atoms with E-state index in [1.54, 1.807) is 0 Å². The number of halogens is 2. The van der Waals surface area contributed by atoms with Gasteiger partial charge in [0.25, 0.3) is 0 Å². The molecular formula is C13H17F2NO2. The van der Waals surface area contributed by atoms with Crippen LogP contribution >= 0.6 is 0 Å². The first-order chi connectivity index (χ1) is 8.41. The second-order valence-electron chi connectivity index (χ2n) is 4.61. The second kappa shape index (κ2) is 6.44. The maximum atomic E-state index is 13.4. The summed E-state index contributed by atoms with van der Waals surface area (Å²) in [7, 11) is 0. The van der Waals surface area contributed by atoms with Crippen molar-refractivity contribution in [2.45, 2.75) is 32.9 Å². The lowest BCUT2D eigenvalue weighted by atomic mass is 10.0. The predicted molar refractivity (Wildman–Crippen MR) is 64.1 cm³/mol. The summed E-state index contributed by atoms with van der Waals surface area (Å²) in [4.78, 5) is 11.0. The molecule has 2 N–H and O–H groups in total. The molecule has 100 valence electrons. The summed E-state index contributed by atoms with van der Waals surface area (Å²) in [5.41, 5.74) is 0.130. The van der Waals surface area contributed by atoms with Gasteiger partial charge in [0.05, 0.1) is 0 Å². The molecule has 3 nitrogen and oxygen atoms in total. The van der Waals surface area contributed by atoms with Gasteiger partial charge in [0.15, 0.2) is 11.6 Å². The van der Waals surface area contributed by atoms with Gasteiger partial charge in [-0.3, -0.25) is 4.79 Å². The molecule has 0 aliphatic rings. The van der Waals surface area contributed by atoms with Crippen molar-refractivity contribution in [2.24, 2.45) is 5.92 Å². The van der Waals surface area contributed by atoms with Crippen LogP contribution in [0.4, 0.5) is 8.78 Å². The summed E-state index contributed by atoms with van der Waals surface area (Å²) >= 11 is 0. The minimum atomic E-state index is -0.986. The standard InChI is InChI=1S/C13H17F2NO2/c1-8(2)6-11(13(17)18)16-7-9-4-3-5-10(14)12(9)15/h3-5,8,11,16H,6-7H2,1-2H3,(H,17,18). The molecule has 0 amide bonds. The van der Waals surface area contributed by atoms with Crippen molar-refractivity contribution in [3.63, 3.8) is 0 Å². The number of hydrogen-bond acceptors (Lipinski definition) is 2. The van der Waals surface area contributed by atoms with Gasteiger partial charge < -0.3 is 10.4 Å². The van der Waals surface area contributed by atoms with Crippen LogP contribution in [0.15, 0.2) is 18.2 Å². The normalized spacial score (nSPS) is 12.7. The molecule has 1 aromatic carbocycles. The molecule has 0 fully saturated rings. The van der Waals surface area contributed by atoms with E-state index in [-0.39, 0.29) is 18.0 Å². The zero-order chi connectivity index (χ0) is 13.7. The highest BCUT2D eigenvalue weighted by molar-refractivity contribution is 5.73. The monoisotopic (exact) mass is 257 g/mol. The Kier molecular flexibility index (Phi) is 5.22. The number of carbonyl (C=O) groups is 1. The van der Waals surface area contributed by atoms with Gasteiger partial charge in [-0.1, -0.05) is 26.0 Å². The minimum absolute atomic E-state index is 0.00667.